The molecule has 186 valence electrons. The monoisotopic (exact) mass is 528 g/mol. The van der Waals surface area contributed by atoms with Crippen LogP contribution in [0.25, 0.3) is 0 Å². The van der Waals surface area contributed by atoms with E-state index in [1.807, 2.05) is 4.90 Å². The summed E-state index contributed by atoms with van der Waals surface area (Å²) in [7, 11) is 0. The molecule has 3 rings (SSSR count). The van der Waals surface area contributed by atoms with Gasteiger partial charge in [-0.15, -0.1) is 0 Å². The van der Waals surface area contributed by atoms with Crippen LogP contribution in [0.15, 0.2) is 36.4 Å². The largest absolute Gasteiger partial charge is 0.416 e. The molecule has 1 fully saturated rings. The number of nitrogens with zero attached hydrogens (tertiary/aromatic N) is 1. The third-order valence-corrected chi connectivity index (χ3v) is 6.09. The number of rotatable bonds is 5. The van der Waals surface area contributed by atoms with Crippen LogP contribution in [-0.4, -0.2) is 36.7 Å². The summed E-state index contributed by atoms with van der Waals surface area (Å²) in [6.45, 7) is 2.79. The molecular formula is C22H20Cl2F6N2O2. The van der Waals surface area contributed by atoms with Crippen LogP contribution < -0.4 is 5.32 Å². The van der Waals surface area contributed by atoms with Crippen molar-refractivity contribution in [3.8, 4) is 0 Å². The van der Waals surface area contributed by atoms with Gasteiger partial charge in [-0.25, -0.2) is 0 Å². The first-order valence-corrected chi connectivity index (χ1v) is 10.9. The average Bonchev–Trinajstić information content (AvgIpc) is 2.74. The van der Waals surface area contributed by atoms with Crippen molar-refractivity contribution >= 4 is 29.1 Å². The summed E-state index contributed by atoms with van der Waals surface area (Å²) in [4.78, 5) is 14.6. The Morgan fingerprint density at radius 3 is 2.24 bits per heavy atom. The number of nitrogens with one attached hydrogen (secondary N) is 1. The second-order valence-corrected chi connectivity index (χ2v) is 8.73. The van der Waals surface area contributed by atoms with E-state index in [1.54, 1.807) is 18.2 Å². The van der Waals surface area contributed by atoms with Crippen LogP contribution in [0.4, 0.5) is 26.3 Å². The topological polar surface area (TPSA) is 41.6 Å². The minimum atomic E-state index is -5.00. The number of benzene rings is 2. The summed E-state index contributed by atoms with van der Waals surface area (Å²) >= 11 is 11.9. The van der Waals surface area contributed by atoms with Crippen LogP contribution in [0.2, 0.25) is 10.0 Å². The van der Waals surface area contributed by atoms with Crippen molar-refractivity contribution in [1.82, 2.24) is 10.2 Å². The van der Waals surface area contributed by atoms with E-state index in [4.69, 9.17) is 27.9 Å². The molecule has 1 aliphatic heterocycles. The molecule has 0 radical (unpaired) electrons. The zero-order valence-corrected chi connectivity index (χ0v) is 19.2. The third kappa shape index (κ3) is 6.78. The highest BCUT2D eigenvalue weighted by atomic mass is 35.5. The van der Waals surface area contributed by atoms with Crippen molar-refractivity contribution in [2.24, 2.45) is 0 Å². The summed E-state index contributed by atoms with van der Waals surface area (Å²) in [5.41, 5.74) is -2.47. The van der Waals surface area contributed by atoms with Crippen LogP contribution in [0.1, 0.15) is 35.1 Å². The lowest BCUT2D eigenvalue weighted by Gasteiger charge is -2.33. The second-order valence-electron chi connectivity index (χ2n) is 7.91. The van der Waals surface area contributed by atoms with Crippen molar-refractivity contribution in [2.45, 2.75) is 38.0 Å². The predicted molar refractivity (Wildman–Crippen MR) is 114 cm³/mol. The molecule has 2 atom stereocenters. The highest BCUT2D eigenvalue weighted by Gasteiger charge is 2.38. The molecule has 1 saturated heterocycles. The Bertz CT molecular complexity index is 1010. The van der Waals surface area contributed by atoms with E-state index in [0.29, 0.717) is 35.3 Å². The predicted octanol–water partition coefficient (Wildman–Crippen LogP) is 6.11. The number of carbonyl (C=O) groups is 1. The molecule has 0 aromatic heterocycles. The molecule has 1 amide bonds. The van der Waals surface area contributed by atoms with Crippen molar-refractivity contribution in [1.29, 1.82) is 0 Å². The van der Waals surface area contributed by atoms with Crippen molar-refractivity contribution in [3.63, 3.8) is 0 Å². The van der Waals surface area contributed by atoms with Crippen LogP contribution in [0, 0.1) is 0 Å². The van der Waals surface area contributed by atoms with Crippen LogP contribution >= 0.6 is 23.2 Å². The summed E-state index contributed by atoms with van der Waals surface area (Å²) in [5.74, 6) is -2.04. The second kappa shape index (κ2) is 10.3. The molecule has 2 aromatic carbocycles. The Hall–Kier alpha value is -2.01. The number of carbonyl (C=O) groups excluding carboxylic acids is 1. The molecule has 0 spiro atoms. The first-order chi connectivity index (χ1) is 15.7. The highest BCUT2D eigenvalue weighted by Crippen LogP contribution is 2.37. The maximum absolute atomic E-state index is 13.1. The Labute approximate surface area is 201 Å². The van der Waals surface area contributed by atoms with E-state index < -0.39 is 47.1 Å². The molecule has 34 heavy (non-hydrogen) atoms. The number of alkyl halides is 6. The standard InChI is InChI=1S/C22H20Cl2F6N2O2/c1-12(14-7-15(21(25,26)27)9-16(8-14)22(28,29)30)20(33)31-19-11-32(4-5-34-19)10-13-2-3-17(23)18(24)6-13/h2-3,6-9,12,19H,4-5,10-11H2,1H3,(H,31,33). The normalized spacial score (nSPS) is 18.6. The van der Waals surface area contributed by atoms with Crippen molar-refractivity contribution < 1.29 is 35.9 Å². The lowest BCUT2D eigenvalue weighted by molar-refractivity contribution is -0.143. The number of hydrogen-bond acceptors (Lipinski definition) is 3. The molecular weight excluding hydrogens is 509 g/mol. The van der Waals surface area contributed by atoms with Gasteiger partial charge in [0.15, 0.2) is 0 Å². The number of hydrogen-bond donors (Lipinski definition) is 1. The van der Waals surface area contributed by atoms with Gasteiger partial charge in [-0.1, -0.05) is 29.3 Å². The molecule has 1 heterocycles. The lowest BCUT2D eigenvalue weighted by Crippen LogP contribution is -2.51. The lowest BCUT2D eigenvalue weighted by atomic mass is 9.95. The minimum absolute atomic E-state index is 0.0271. The van der Waals surface area contributed by atoms with E-state index in [0.717, 1.165) is 5.56 Å². The van der Waals surface area contributed by atoms with Gasteiger partial charge in [0.1, 0.15) is 6.23 Å². The van der Waals surface area contributed by atoms with Gasteiger partial charge in [-0.2, -0.15) is 26.3 Å². The third-order valence-electron chi connectivity index (χ3n) is 5.35. The smallest absolute Gasteiger partial charge is 0.356 e. The Balaban J connectivity index is 1.70. The Morgan fingerprint density at radius 1 is 1.06 bits per heavy atom. The summed E-state index contributed by atoms with van der Waals surface area (Å²) in [6, 6.07) is 6.30. The molecule has 1 N–H and O–H groups in total. The van der Waals surface area contributed by atoms with Gasteiger partial charge in [0.2, 0.25) is 5.91 Å². The first kappa shape index (κ1) is 26.6. The molecule has 2 aromatic rings. The fraction of sp³-hybridized carbons (Fsp3) is 0.409. The average molecular weight is 529 g/mol. The molecule has 0 saturated carbocycles. The highest BCUT2D eigenvalue weighted by molar-refractivity contribution is 6.42. The van der Waals surface area contributed by atoms with Gasteiger partial charge in [-0.05, 0) is 48.4 Å². The van der Waals surface area contributed by atoms with Gasteiger partial charge in [0.25, 0.3) is 0 Å². The summed E-state index contributed by atoms with van der Waals surface area (Å²) in [5, 5.41) is 3.36. The van der Waals surface area contributed by atoms with Crippen molar-refractivity contribution in [2.75, 3.05) is 19.7 Å². The van der Waals surface area contributed by atoms with Crippen LogP contribution in [0.3, 0.4) is 0 Å². The number of morpholine rings is 1. The zero-order valence-electron chi connectivity index (χ0n) is 17.7. The first-order valence-electron chi connectivity index (χ1n) is 10.1. The molecule has 2 unspecified atom stereocenters. The Kier molecular flexibility index (Phi) is 8.07. The fourth-order valence-electron chi connectivity index (χ4n) is 3.49. The summed E-state index contributed by atoms with van der Waals surface area (Å²) in [6.07, 6.45) is -10.8. The van der Waals surface area contributed by atoms with Gasteiger partial charge >= 0.3 is 12.4 Å². The quantitative estimate of drug-likeness (QED) is 0.476. The van der Waals surface area contributed by atoms with E-state index in [1.165, 1.54) is 6.92 Å². The van der Waals surface area contributed by atoms with E-state index in [9.17, 15) is 31.1 Å². The summed E-state index contributed by atoms with van der Waals surface area (Å²) < 4.78 is 84.3. The molecule has 1 aliphatic rings. The number of halogens is 8. The maximum atomic E-state index is 13.1. The molecule has 4 nitrogen and oxygen atoms in total. The molecule has 0 aliphatic carbocycles. The van der Waals surface area contributed by atoms with Gasteiger partial charge in [0, 0.05) is 19.6 Å². The Morgan fingerprint density at radius 2 is 1.68 bits per heavy atom. The molecule has 0 bridgehead atoms. The van der Waals surface area contributed by atoms with Gasteiger partial charge < -0.3 is 10.1 Å². The van der Waals surface area contributed by atoms with E-state index in [-0.39, 0.29) is 19.2 Å². The van der Waals surface area contributed by atoms with Gasteiger partial charge in [-0.3, -0.25) is 9.69 Å². The van der Waals surface area contributed by atoms with Gasteiger partial charge in [0.05, 0.1) is 33.7 Å². The fourth-order valence-corrected chi connectivity index (χ4v) is 3.81. The van der Waals surface area contributed by atoms with E-state index in [2.05, 4.69) is 5.32 Å². The maximum Gasteiger partial charge on any atom is 0.416 e. The van der Waals surface area contributed by atoms with Crippen LogP contribution in [0.5, 0.6) is 0 Å². The van der Waals surface area contributed by atoms with Crippen molar-refractivity contribution in [3.05, 3.63) is 68.7 Å². The van der Waals surface area contributed by atoms with E-state index >= 15 is 0 Å². The molecule has 12 heteroatoms. The SMILES string of the molecule is CC(C(=O)NC1CN(Cc2ccc(Cl)c(Cl)c2)CCO1)c1cc(C(F)(F)F)cc(C(F)(F)F)c1. The number of ether oxygens (including phenoxy) is 1. The minimum Gasteiger partial charge on any atom is -0.356 e. The zero-order chi connectivity index (χ0) is 25.3. The van der Waals surface area contributed by atoms with Crippen LogP contribution in [-0.2, 0) is 28.4 Å². The number of amides is 1.